The van der Waals surface area contributed by atoms with Crippen LogP contribution in [0.15, 0.2) is 12.0 Å². The zero-order chi connectivity index (χ0) is 6.91. The van der Waals surface area contributed by atoms with Gasteiger partial charge in [0.15, 0.2) is 0 Å². The summed E-state index contributed by atoms with van der Waals surface area (Å²) in [4.78, 5) is 10.4. The normalized spacial score (nSPS) is 33.2. The lowest BCUT2D eigenvalue weighted by Gasteiger charge is -2.13. The lowest BCUT2D eigenvalue weighted by Crippen LogP contribution is -2.34. The second-order valence-corrected chi connectivity index (χ2v) is 3.55. The van der Waals surface area contributed by atoms with Crippen molar-refractivity contribution in [2.24, 2.45) is 5.50 Å². The summed E-state index contributed by atoms with van der Waals surface area (Å²) in [6, 6.07) is -0.525. The fraction of sp³-hybridized carbons (Fsp3) is 0. The van der Waals surface area contributed by atoms with Crippen molar-refractivity contribution in [3.63, 3.8) is 0 Å². The van der Waals surface area contributed by atoms with Crippen LogP contribution in [0.2, 0.25) is 0 Å². The maximum Gasteiger partial charge on any atom is 0.325 e. The summed E-state index contributed by atoms with van der Waals surface area (Å²) in [5.74, 6) is 1.23. The molecule has 0 fully saturated rings. The van der Waals surface area contributed by atoms with E-state index in [1.807, 2.05) is 0 Å². The maximum absolute atomic E-state index is 10.8. The van der Waals surface area contributed by atoms with E-state index in [9.17, 15) is 9.36 Å². The molecule has 0 bridgehead atoms. The number of amides is 2. The van der Waals surface area contributed by atoms with Crippen LogP contribution in [0.1, 0.15) is 0 Å². The van der Waals surface area contributed by atoms with Crippen molar-refractivity contribution in [2.75, 3.05) is 0 Å². The lowest BCUT2D eigenvalue weighted by molar-refractivity contribution is 0.248. The van der Waals surface area contributed by atoms with Crippen molar-refractivity contribution >= 4 is 13.5 Å². The topological polar surface area (TPSA) is 84.2 Å². The molecule has 0 aliphatic carbocycles. The second-order valence-electron chi connectivity index (χ2n) is 1.61. The number of urea groups is 1. The molecule has 1 heterocycles. The summed E-state index contributed by atoms with van der Waals surface area (Å²) in [6.45, 7) is 0. The van der Waals surface area contributed by atoms with Crippen LogP contribution >= 0.6 is 7.44 Å². The molecule has 4 N–H and O–H groups in total. The van der Waals surface area contributed by atoms with E-state index in [1.54, 1.807) is 0 Å². The van der Waals surface area contributed by atoms with Gasteiger partial charge in [0, 0.05) is 12.0 Å². The van der Waals surface area contributed by atoms with Gasteiger partial charge in [-0.15, -0.1) is 0 Å². The highest BCUT2D eigenvalue weighted by atomic mass is 31.2. The summed E-state index contributed by atoms with van der Waals surface area (Å²) < 4.78 is 10.8. The Kier molecular flexibility index (Phi) is 1.31. The Morgan fingerprint density at radius 2 is 2.33 bits per heavy atom. The van der Waals surface area contributed by atoms with Gasteiger partial charge in [-0.2, -0.15) is 0 Å². The van der Waals surface area contributed by atoms with Crippen LogP contribution in [0.5, 0.6) is 0 Å². The van der Waals surface area contributed by atoms with Crippen LogP contribution in [0.4, 0.5) is 4.79 Å². The Morgan fingerprint density at radius 1 is 1.67 bits per heavy atom. The first-order valence-corrected chi connectivity index (χ1v) is 4.09. The molecule has 6 heteroatoms. The van der Waals surface area contributed by atoms with Crippen molar-refractivity contribution in [3.05, 3.63) is 12.0 Å². The quantitative estimate of drug-likeness (QED) is 0.419. The summed E-state index contributed by atoms with van der Waals surface area (Å²) in [7, 11) is -2.99. The van der Waals surface area contributed by atoms with Gasteiger partial charge in [0.25, 0.3) is 7.44 Å². The number of rotatable bonds is 0. The predicted molar refractivity (Wildman–Crippen MR) is 32.6 cm³/mol. The fourth-order valence-electron chi connectivity index (χ4n) is 0.452. The summed E-state index contributed by atoms with van der Waals surface area (Å²) in [6.07, 6.45) is 1.26. The number of nitrogens with two attached hydrogens (primary N) is 1. The average Bonchev–Trinajstić information content (AvgIpc) is 1.60. The molecule has 2 amide bonds. The summed E-state index contributed by atoms with van der Waals surface area (Å²) in [5, 5.41) is 4.31. The minimum Gasteiger partial charge on any atom is -0.314 e. The van der Waals surface area contributed by atoms with Crippen molar-refractivity contribution in [2.45, 2.75) is 0 Å². The van der Waals surface area contributed by atoms with Crippen LogP contribution < -0.4 is 15.9 Å². The van der Waals surface area contributed by atoms with Gasteiger partial charge in [-0.25, -0.2) is 4.79 Å². The molecule has 0 aromatic heterocycles. The van der Waals surface area contributed by atoms with E-state index in [2.05, 4.69) is 10.4 Å². The van der Waals surface area contributed by atoms with Crippen molar-refractivity contribution in [1.29, 1.82) is 0 Å². The first kappa shape index (κ1) is 6.32. The van der Waals surface area contributed by atoms with E-state index < -0.39 is 13.5 Å². The maximum atomic E-state index is 10.8. The summed E-state index contributed by atoms with van der Waals surface area (Å²) in [5.41, 5.74) is 5.06. The van der Waals surface area contributed by atoms with Crippen molar-refractivity contribution < 1.29 is 9.36 Å². The van der Waals surface area contributed by atoms with Crippen molar-refractivity contribution in [1.82, 2.24) is 10.4 Å². The highest BCUT2D eigenvalue weighted by molar-refractivity contribution is 7.63. The molecule has 0 aromatic rings. The van der Waals surface area contributed by atoms with Crippen LogP contribution in [0.25, 0.3) is 0 Å². The highest BCUT2D eigenvalue weighted by Crippen LogP contribution is 2.32. The van der Waals surface area contributed by atoms with Gasteiger partial charge in [0.2, 0.25) is 0 Å². The average molecular weight is 147 g/mol. The number of nitrogens with one attached hydrogen (secondary N) is 2. The fourth-order valence-corrected chi connectivity index (χ4v) is 1.20. The van der Waals surface area contributed by atoms with Crippen LogP contribution in [0.3, 0.4) is 0 Å². The molecule has 0 unspecified atom stereocenters. The molecule has 1 aliphatic heterocycles. The molecular formula is C3H6N3O2P. The Morgan fingerprint density at radius 3 is 2.67 bits per heavy atom. The highest BCUT2D eigenvalue weighted by Gasteiger charge is 2.17. The SMILES string of the molecule is N[P@]1(=O)C=CNC(=O)N1. The molecular weight excluding hydrogens is 141 g/mol. The zero-order valence-electron chi connectivity index (χ0n) is 4.50. The zero-order valence-corrected chi connectivity index (χ0v) is 5.39. The molecule has 50 valence electrons. The van der Waals surface area contributed by atoms with Crippen molar-refractivity contribution in [3.8, 4) is 0 Å². The monoisotopic (exact) mass is 147 g/mol. The summed E-state index contributed by atoms with van der Waals surface area (Å²) >= 11 is 0. The van der Waals surface area contributed by atoms with E-state index in [0.29, 0.717) is 0 Å². The molecule has 0 saturated heterocycles. The van der Waals surface area contributed by atoms with Gasteiger partial charge in [-0.1, -0.05) is 0 Å². The van der Waals surface area contributed by atoms with Crippen LogP contribution in [-0.2, 0) is 4.57 Å². The first-order chi connectivity index (χ1) is 4.10. The molecule has 1 atom stereocenters. The van der Waals surface area contributed by atoms with Gasteiger partial charge >= 0.3 is 6.03 Å². The molecule has 0 radical (unpaired) electrons. The van der Waals surface area contributed by atoms with E-state index in [4.69, 9.17) is 5.50 Å². The van der Waals surface area contributed by atoms with Gasteiger partial charge in [0.1, 0.15) is 0 Å². The third-order valence-electron chi connectivity index (χ3n) is 0.787. The van der Waals surface area contributed by atoms with E-state index in [-0.39, 0.29) is 0 Å². The van der Waals surface area contributed by atoms with Gasteiger partial charge in [-0.05, 0) is 0 Å². The Balaban J connectivity index is 2.84. The standard InChI is InChI=1S/C3H6N3O2P/c4-9(8)2-1-5-3(7)6-9/h1-2H,(H4,4,5,6,7,8)/t9-/m1/s1. The van der Waals surface area contributed by atoms with E-state index in [0.717, 1.165) is 0 Å². The first-order valence-electron chi connectivity index (χ1n) is 2.25. The van der Waals surface area contributed by atoms with Gasteiger partial charge in [-0.3, -0.25) is 15.2 Å². The molecule has 1 aliphatic rings. The number of hydrogen-bond donors (Lipinski definition) is 3. The Labute approximate surface area is 51.8 Å². The predicted octanol–water partition coefficient (Wildman–Crippen LogP) is -0.0778. The van der Waals surface area contributed by atoms with Crippen LogP contribution in [-0.4, -0.2) is 6.03 Å². The van der Waals surface area contributed by atoms with Gasteiger partial charge < -0.3 is 5.32 Å². The second kappa shape index (κ2) is 1.86. The largest absolute Gasteiger partial charge is 0.325 e. The van der Waals surface area contributed by atoms with Gasteiger partial charge in [0.05, 0.1) is 0 Å². The van der Waals surface area contributed by atoms with E-state index >= 15 is 0 Å². The smallest absolute Gasteiger partial charge is 0.314 e. The van der Waals surface area contributed by atoms with E-state index in [1.165, 1.54) is 12.0 Å². The molecule has 1 rings (SSSR count). The third kappa shape index (κ3) is 1.55. The minimum absolute atomic E-state index is 0.525. The molecule has 0 saturated carbocycles. The molecule has 0 aromatic carbocycles. The molecule has 5 nitrogen and oxygen atoms in total. The molecule has 9 heavy (non-hydrogen) atoms. The Bertz CT molecular complexity index is 211. The lowest BCUT2D eigenvalue weighted by atomic mass is 10.9. The van der Waals surface area contributed by atoms with Crippen LogP contribution in [0, 0.1) is 0 Å². The number of carbonyl (C=O) groups excluding carboxylic acids is 1. The minimum atomic E-state index is -2.99. The third-order valence-corrected chi connectivity index (χ3v) is 1.93. The Hall–Kier alpha value is -0.800. The molecule has 0 spiro atoms. The number of hydrogen-bond acceptors (Lipinski definition) is 2. The number of carbonyl (C=O) groups is 1.